The van der Waals surface area contributed by atoms with Crippen LogP contribution in [-0.2, 0) is 4.79 Å². The van der Waals surface area contributed by atoms with Gasteiger partial charge in [0, 0.05) is 0 Å². The number of thioether (sulfide) groups is 1. The molecule has 1 aliphatic carbocycles. The van der Waals surface area contributed by atoms with Crippen LogP contribution in [0, 0.1) is 0 Å². The summed E-state index contributed by atoms with van der Waals surface area (Å²) in [6.45, 7) is 0. The normalized spacial score (nSPS) is 34.7. The average molecular weight is 201 g/mol. The van der Waals surface area contributed by atoms with Crippen molar-refractivity contribution >= 4 is 22.9 Å². The fraction of sp³-hybridized carbons (Fsp3) is 0.750. The van der Waals surface area contributed by atoms with E-state index in [0.29, 0.717) is 6.42 Å². The highest BCUT2D eigenvalue weighted by atomic mass is 32.2. The van der Waals surface area contributed by atoms with Crippen molar-refractivity contribution in [3.8, 4) is 0 Å². The fourth-order valence-electron chi connectivity index (χ4n) is 1.91. The Morgan fingerprint density at radius 3 is 2.62 bits per heavy atom. The van der Waals surface area contributed by atoms with E-state index in [0.717, 1.165) is 24.6 Å². The third-order valence-electron chi connectivity index (χ3n) is 2.56. The molecule has 1 saturated carbocycles. The number of rotatable bonds is 1. The van der Waals surface area contributed by atoms with Crippen molar-refractivity contribution < 1.29 is 14.7 Å². The largest absolute Gasteiger partial charge is 0.391 e. The van der Waals surface area contributed by atoms with Crippen LogP contribution in [0.3, 0.4) is 0 Å². The lowest BCUT2D eigenvalue weighted by Crippen LogP contribution is -2.43. The lowest BCUT2D eigenvalue weighted by Gasteiger charge is -2.23. The van der Waals surface area contributed by atoms with Crippen LogP contribution in [0.4, 0.5) is 4.79 Å². The first kappa shape index (κ1) is 9.02. The van der Waals surface area contributed by atoms with E-state index in [9.17, 15) is 14.7 Å². The summed E-state index contributed by atoms with van der Waals surface area (Å²) in [5.41, 5.74) is 0. The fourth-order valence-corrected chi connectivity index (χ4v) is 2.67. The Labute approximate surface area is 80.3 Å². The Hall–Kier alpha value is -0.550. The number of amides is 2. The maximum absolute atomic E-state index is 11.3. The first-order chi connectivity index (χ1) is 6.20. The number of hydrogen-bond acceptors (Lipinski definition) is 4. The quantitative estimate of drug-likeness (QED) is 0.674. The molecule has 5 heteroatoms. The van der Waals surface area contributed by atoms with Crippen LogP contribution >= 0.6 is 11.8 Å². The van der Waals surface area contributed by atoms with Gasteiger partial charge in [-0.2, -0.15) is 0 Å². The number of nitrogens with zero attached hydrogens (tertiary/aromatic N) is 1. The highest BCUT2D eigenvalue weighted by Crippen LogP contribution is 2.30. The second kappa shape index (κ2) is 3.31. The van der Waals surface area contributed by atoms with Gasteiger partial charge in [-0.15, -0.1) is 0 Å². The maximum Gasteiger partial charge on any atom is 0.289 e. The van der Waals surface area contributed by atoms with Crippen molar-refractivity contribution in [1.29, 1.82) is 0 Å². The van der Waals surface area contributed by atoms with Crippen molar-refractivity contribution in [2.24, 2.45) is 0 Å². The SMILES string of the molecule is O=C1CSC(=O)N1[C@H]1CCC[C@@H]1O. The molecule has 1 heterocycles. The number of carbonyl (C=O) groups is 2. The summed E-state index contributed by atoms with van der Waals surface area (Å²) in [6.07, 6.45) is 1.84. The predicted octanol–water partition coefficient (Wildman–Crippen LogP) is 0.595. The zero-order valence-corrected chi connectivity index (χ0v) is 7.92. The van der Waals surface area contributed by atoms with E-state index in [2.05, 4.69) is 0 Å². The molecule has 0 aromatic heterocycles. The topological polar surface area (TPSA) is 57.6 Å². The Bertz CT molecular complexity index is 240. The highest BCUT2D eigenvalue weighted by Gasteiger charge is 2.41. The third kappa shape index (κ3) is 1.46. The van der Waals surface area contributed by atoms with E-state index < -0.39 is 6.10 Å². The second-order valence-corrected chi connectivity index (χ2v) is 4.31. The summed E-state index contributed by atoms with van der Waals surface area (Å²) >= 11 is 1.03. The zero-order chi connectivity index (χ0) is 9.42. The molecule has 2 rings (SSSR count). The summed E-state index contributed by atoms with van der Waals surface area (Å²) in [5.74, 6) is 0.0862. The van der Waals surface area contributed by atoms with Gasteiger partial charge in [-0.05, 0) is 19.3 Å². The van der Waals surface area contributed by atoms with Gasteiger partial charge in [0.05, 0.1) is 17.9 Å². The monoisotopic (exact) mass is 201 g/mol. The van der Waals surface area contributed by atoms with Crippen LogP contribution in [-0.4, -0.2) is 39.1 Å². The van der Waals surface area contributed by atoms with E-state index >= 15 is 0 Å². The van der Waals surface area contributed by atoms with Crippen molar-refractivity contribution in [3.63, 3.8) is 0 Å². The molecule has 2 fully saturated rings. The lowest BCUT2D eigenvalue weighted by molar-refractivity contribution is -0.127. The summed E-state index contributed by atoms with van der Waals surface area (Å²) in [6, 6.07) is -0.255. The summed E-state index contributed by atoms with van der Waals surface area (Å²) in [7, 11) is 0. The van der Waals surface area contributed by atoms with Gasteiger partial charge in [0.15, 0.2) is 0 Å². The van der Waals surface area contributed by atoms with Gasteiger partial charge in [-0.25, -0.2) is 0 Å². The number of carbonyl (C=O) groups excluding carboxylic acids is 2. The van der Waals surface area contributed by atoms with E-state index in [-0.39, 0.29) is 22.9 Å². The van der Waals surface area contributed by atoms with Crippen LogP contribution in [0.1, 0.15) is 19.3 Å². The zero-order valence-electron chi connectivity index (χ0n) is 7.10. The minimum atomic E-state index is -0.508. The van der Waals surface area contributed by atoms with Crippen LogP contribution in [0.15, 0.2) is 0 Å². The average Bonchev–Trinajstić information content (AvgIpc) is 2.60. The van der Waals surface area contributed by atoms with E-state index in [4.69, 9.17) is 0 Å². The lowest BCUT2D eigenvalue weighted by atomic mass is 10.2. The second-order valence-electron chi connectivity index (χ2n) is 3.38. The van der Waals surface area contributed by atoms with E-state index in [1.54, 1.807) is 0 Å². The van der Waals surface area contributed by atoms with Crippen molar-refractivity contribution in [2.45, 2.75) is 31.4 Å². The van der Waals surface area contributed by atoms with Gasteiger partial charge >= 0.3 is 0 Å². The first-order valence-corrected chi connectivity index (χ1v) is 5.35. The minimum Gasteiger partial charge on any atom is -0.391 e. The molecule has 1 N–H and O–H groups in total. The molecule has 72 valence electrons. The summed E-state index contributed by atoms with van der Waals surface area (Å²) in [4.78, 5) is 23.8. The molecule has 2 aliphatic rings. The molecule has 2 amide bonds. The van der Waals surface area contributed by atoms with Crippen molar-refractivity contribution in [2.75, 3.05) is 5.75 Å². The Balaban J connectivity index is 2.14. The summed E-state index contributed by atoms with van der Waals surface area (Å²) < 4.78 is 0. The van der Waals surface area contributed by atoms with Crippen molar-refractivity contribution in [1.82, 2.24) is 4.90 Å². The van der Waals surface area contributed by atoms with Crippen LogP contribution in [0.25, 0.3) is 0 Å². The van der Waals surface area contributed by atoms with Gasteiger partial charge in [-0.1, -0.05) is 11.8 Å². The molecular formula is C8H11NO3S. The number of aliphatic hydroxyl groups excluding tert-OH is 1. The Morgan fingerprint density at radius 2 is 2.15 bits per heavy atom. The molecular weight excluding hydrogens is 190 g/mol. The molecule has 1 saturated heterocycles. The maximum atomic E-state index is 11.3. The minimum absolute atomic E-state index is 0.152. The smallest absolute Gasteiger partial charge is 0.289 e. The van der Waals surface area contributed by atoms with E-state index in [1.807, 2.05) is 0 Å². The van der Waals surface area contributed by atoms with Crippen molar-refractivity contribution in [3.05, 3.63) is 0 Å². The number of imide groups is 1. The number of aliphatic hydroxyl groups is 1. The molecule has 0 spiro atoms. The van der Waals surface area contributed by atoms with Gasteiger partial charge in [0.25, 0.3) is 5.24 Å². The highest BCUT2D eigenvalue weighted by molar-refractivity contribution is 8.14. The van der Waals surface area contributed by atoms with Gasteiger partial charge in [0.1, 0.15) is 0 Å². The van der Waals surface area contributed by atoms with Gasteiger partial charge in [-0.3, -0.25) is 14.5 Å². The molecule has 13 heavy (non-hydrogen) atoms. The van der Waals surface area contributed by atoms with Gasteiger partial charge < -0.3 is 5.11 Å². The van der Waals surface area contributed by atoms with Crippen LogP contribution in [0.5, 0.6) is 0 Å². The molecule has 0 bridgehead atoms. The molecule has 0 unspecified atom stereocenters. The molecule has 1 aliphatic heterocycles. The molecule has 4 nitrogen and oxygen atoms in total. The molecule has 0 aromatic rings. The standard InChI is InChI=1S/C8H11NO3S/c10-6-3-1-2-5(6)9-7(11)4-13-8(9)12/h5-6,10H,1-4H2/t5-,6-/m0/s1. The Kier molecular flexibility index (Phi) is 2.29. The van der Waals surface area contributed by atoms with Gasteiger partial charge in [0.2, 0.25) is 5.91 Å². The predicted molar refractivity (Wildman–Crippen MR) is 48.3 cm³/mol. The third-order valence-corrected chi connectivity index (χ3v) is 3.40. The van der Waals surface area contributed by atoms with Crippen LogP contribution < -0.4 is 0 Å². The number of hydrogen-bond donors (Lipinski definition) is 1. The molecule has 0 aromatic carbocycles. The Morgan fingerprint density at radius 1 is 1.38 bits per heavy atom. The van der Waals surface area contributed by atoms with Crippen LogP contribution in [0.2, 0.25) is 0 Å². The summed E-state index contributed by atoms with van der Waals surface area (Å²) in [5, 5.41) is 9.33. The molecule has 2 atom stereocenters. The van der Waals surface area contributed by atoms with E-state index in [1.165, 1.54) is 4.90 Å². The first-order valence-electron chi connectivity index (χ1n) is 4.37. The molecule has 0 radical (unpaired) electrons.